The maximum absolute atomic E-state index is 13.8. The Balaban J connectivity index is 1.55. The van der Waals surface area contributed by atoms with E-state index in [1.54, 1.807) is 13.4 Å². The standard InChI is InChI=1S/C24H25N5O2/c1-15(29-16(2)27-19-6-4-5-7-21(19)29)24(30)28-13-12-20-22(26-14-25-20)23(28)17-8-10-18(31-3)11-9-17/h4-11,14-15,23H,12-13H2,1-3H3,(H,25,26)/t15-,23+/m0/s1. The van der Waals surface area contributed by atoms with Crippen molar-refractivity contribution in [1.82, 2.24) is 24.4 Å². The van der Waals surface area contributed by atoms with Gasteiger partial charge in [-0.25, -0.2) is 9.97 Å². The van der Waals surface area contributed by atoms with Crippen LogP contribution in [0.4, 0.5) is 0 Å². The molecule has 7 nitrogen and oxygen atoms in total. The number of para-hydroxylation sites is 2. The molecule has 3 heterocycles. The number of aromatic nitrogens is 4. The number of benzene rings is 2. The third-order valence-electron chi connectivity index (χ3n) is 6.16. The molecule has 0 unspecified atom stereocenters. The fourth-order valence-corrected chi connectivity index (χ4v) is 4.64. The van der Waals surface area contributed by atoms with Crippen LogP contribution >= 0.6 is 0 Å². The number of fused-ring (bicyclic) bond motifs is 2. The van der Waals surface area contributed by atoms with Crippen molar-refractivity contribution < 1.29 is 9.53 Å². The number of methoxy groups -OCH3 is 1. The highest BCUT2D eigenvalue weighted by atomic mass is 16.5. The number of ether oxygens (including phenoxy) is 1. The van der Waals surface area contributed by atoms with Crippen LogP contribution in [0, 0.1) is 6.92 Å². The van der Waals surface area contributed by atoms with Crippen molar-refractivity contribution in [2.45, 2.75) is 32.4 Å². The molecular formula is C24H25N5O2. The molecule has 2 aromatic carbocycles. The summed E-state index contributed by atoms with van der Waals surface area (Å²) in [4.78, 5) is 28.3. The first-order valence-corrected chi connectivity index (χ1v) is 10.5. The number of hydrogen-bond acceptors (Lipinski definition) is 4. The van der Waals surface area contributed by atoms with Crippen LogP contribution in [0.5, 0.6) is 5.75 Å². The maximum atomic E-state index is 13.8. The molecule has 2 atom stereocenters. The number of imidazole rings is 2. The van der Waals surface area contributed by atoms with E-state index in [9.17, 15) is 4.79 Å². The topological polar surface area (TPSA) is 76.0 Å². The van der Waals surface area contributed by atoms with Gasteiger partial charge in [0.15, 0.2) is 0 Å². The van der Waals surface area contributed by atoms with Crippen LogP contribution in [0.2, 0.25) is 0 Å². The predicted octanol–water partition coefficient (Wildman–Crippen LogP) is 3.81. The highest BCUT2D eigenvalue weighted by Crippen LogP contribution is 2.36. The molecule has 5 rings (SSSR count). The number of carbonyl (C=O) groups is 1. The molecule has 0 bridgehead atoms. The molecule has 1 aliphatic rings. The second kappa shape index (κ2) is 7.58. The first-order valence-electron chi connectivity index (χ1n) is 10.5. The summed E-state index contributed by atoms with van der Waals surface area (Å²) in [6, 6.07) is 15.2. The Hall–Kier alpha value is -3.61. The van der Waals surface area contributed by atoms with Crippen molar-refractivity contribution in [3.63, 3.8) is 0 Å². The second-order valence-corrected chi connectivity index (χ2v) is 7.92. The highest BCUT2D eigenvalue weighted by Gasteiger charge is 2.36. The van der Waals surface area contributed by atoms with Crippen LogP contribution < -0.4 is 4.74 Å². The smallest absolute Gasteiger partial charge is 0.246 e. The first-order chi connectivity index (χ1) is 15.1. The molecule has 1 aliphatic heterocycles. The van der Waals surface area contributed by atoms with E-state index in [1.165, 1.54) is 0 Å². The van der Waals surface area contributed by atoms with E-state index in [0.717, 1.165) is 46.0 Å². The molecule has 0 aliphatic carbocycles. The van der Waals surface area contributed by atoms with Crippen LogP contribution in [0.15, 0.2) is 54.9 Å². The molecule has 1 N–H and O–H groups in total. The van der Waals surface area contributed by atoms with Gasteiger partial charge in [-0.3, -0.25) is 4.79 Å². The predicted molar refractivity (Wildman–Crippen MR) is 118 cm³/mol. The van der Waals surface area contributed by atoms with Crippen molar-refractivity contribution >= 4 is 16.9 Å². The molecular weight excluding hydrogens is 390 g/mol. The number of aryl methyl sites for hydroxylation is 1. The highest BCUT2D eigenvalue weighted by molar-refractivity contribution is 5.85. The number of amides is 1. The zero-order valence-electron chi connectivity index (χ0n) is 17.9. The lowest BCUT2D eigenvalue weighted by molar-refractivity contribution is -0.136. The van der Waals surface area contributed by atoms with E-state index >= 15 is 0 Å². The Morgan fingerprint density at radius 3 is 2.74 bits per heavy atom. The summed E-state index contributed by atoms with van der Waals surface area (Å²) < 4.78 is 7.34. The van der Waals surface area contributed by atoms with Gasteiger partial charge in [0.1, 0.15) is 23.7 Å². The Morgan fingerprint density at radius 2 is 1.97 bits per heavy atom. The van der Waals surface area contributed by atoms with Gasteiger partial charge in [0, 0.05) is 18.7 Å². The van der Waals surface area contributed by atoms with E-state index in [4.69, 9.17) is 4.74 Å². The average Bonchev–Trinajstić information content (AvgIpc) is 3.41. The van der Waals surface area contributed by atoms with E-state index < -0.39 is 0 Å². The number of hydrogen-bond donors (Lipinski definition) is 1. The maximum Gasteiger partial charge on any atom is 0.246 e. The summed E-state index contributed by atoms with van der Waals surface area (Å²) >= 11 is 0. The summed E-state index contributed by atoms with van der Waals surface area (Å²) in [5.74, 6) is 1.68. The van der Waals surface area contributed by atoms with Gasteiger partial charge >= 0.3 is 0 Å². The minimum absolute atomic E-state index is 0.0562. The van der Waals surface area contributed by atoms with Crippen LogP contribution in [0.1, 0.15) is 41.8 Å². The van der Waals surface area contributed by atoms with Crippen LogP contribution in [0.3, 0.4) is 0 Å². The summed E-state index contributed by atoms with van der Waals surface area (Å²) in [6.07, 6.45) is 2.47. The number of nitrogens with zero attached hydrogens (tertiary/aromatic N) is 4. The Bertz CT molecular complexity index is 1240. The number of nitrogens with one attached hydrogen (secondary N) is 1. The third-order valence-corrected chi connectivity index (χ3v) is 6.16. The lowest BCUT2D eigenvalue weighted by atomic mass is 9.94. The second-order valence-electron chi connectivity index (χ2n) is 7.92. The third kappa shape index (κ3) is 3.17. The summed E-state index contributed by atoms with van der Waals surface area (Å²) in [5.41, 5.74) is 4.88. The summed E-state index contributed by atoms with van der Waals surface area (Å²) in [7, 11) is 1.65. The lowest BCUT2D eigenvalue weighted by Crippen LogP contribution is -2.43. The fraction of sp³-hybridized carbons (Fsp3) is 0.292. The average molecular weight is 415 g/mol. The van der Waals surface area contributed by atoms with Gasteiger partial charge in [-0.05, 0) is 43.7 Å². The fourth-order valence-electron chi connectivity index (χ4n) is 4.64. The van der Waals surface area contributed by atoms with Crippen molar-refractivity contribution in [3.05, 3.63) is 77.6 Å². The molecule has 31 heavy (non-hydrogen) atoms. The minimum Gasteiger partial charge on any atom is -0.497 e. The van der Waals surface area contributed by atoms with Gasteiger partial charge in [-0.2, -0.15) is 0 Å². The molecule has 158 valence electrons. The molecule has 0 radical (unpaired) electrons. The summed E-state index contributed by atoms with van der Waals surface area (Å²) in [5, 5.41) is 0. The number of carbonyl (C=O) groups excluding carboxylic acids is 1. The number of H-pyrrole nitrogens is 1. The zero-order valence-corrected chi connectivity index (χ0v) is 17.9. The zero-order chi connectivity index (χ0) is 21.5. The molecule has 0 saturated carbocycles. The quantitative estimate of drug-likeness (QED) is 0.550. The Morgan fingerprint density at radius 1 is 1.19 bits per heavy atom. The van der Waals surface area contributed by atoms with E-state index in [-0.39, 0.29) is 18.0 Å². The molecule has 2 aromatic heterocycles. The van der Waals surface area contributed by atoms with Crippen LogP contribution in [-0.4, -0.2) is 44.0 Å². The molecule has 0 spiro atoms. The van der Waals surface area contributed by atoms with Gasteiger partial charge in [-0.15, -0.1) is 0 Å². The van der Waals surface area contributed by atoms with Crippen molar-refractivity contribution in [1.29, 1.82) is 0 Å². The van der Waals surface area contributed by atoms with E-state index in [0.29, 0.717) is 6.54 Å². The van der Waals surface area contributed by atoms with Crippen LogP contribution in [-0.2, 0) is 11.2 Å². The van der Waals surface area contributed by atoms with Crippen molar-refractivity contribution in [3.8, 4) is 5.75 Å². The lowest BCUT2D eigenvalue weighted by Gasteiger charge is -2.37. The van der Waals surface area contributed by atoms with Gasteiger partial charge < -0.3 is 19.2 Å². The van der Waals surface area contributed by atoms with E-state index in [2.05, 4.69) is 15.0 Å². The summed E-state index contributed by atoms with van der Waals surface area (Å²) in [6.45, 7) is 4.53. The molecule has 0 fully saturated rings. The van der Waals surface area contributed by atoms with Gasteiger partial charge in [-0.1, -0.05) is 24.3 Å². The monoisotopic (exact) mass is 415 g/mol. The minimum atomic E-state index is -0.381. The van der Waals surface area contributed by atoms with Gasteiger partial charge in [0.2, 0.25) is 5.91 Å². The molecule has 1 amide bonds. The first kappa shape index (κ1) is 19.4. The normalized spacial score (nSPS) is 16.9. The molecule has 0 saturated heterocycles. The van der Waals surface area contributed by atoms with Crippen molar-refractivity contribution in [2.24, 2.45) is 0 Å². The SMILES string of the molecule is COc1ccc([C@@H]2c3nc[nH]c3CCN2C(=O)[C@H](C)n2c(C)nc3ccccc32)cc1. The van der Waals surface area contributed by atoms with Crippen molar-refractivity contribution in [2.75, 3.05) is 13.7 Å². The van der Waals surface area contributed by atoms with Gasteiger partial charge in [0.05, 0.1) is 30.2 Å². The number of rotatable bonds is 4. The Labute approximate surface area is 180 Å². The van der Waals surface area contributed by atoms with Crippen LogP contribution in [0.25, 0.3) is 11.0 Å². The molecule has 4 aromatic rings. The number of aromatic amines is 1. The van der Waals surface area contributed by atoms with E-state index in [1.807, 2.05) is 71.8 Å². The van der Waals surface area contributed by atoms with Gasteiger partial charge in [0.25, 0.3) is 0 Å². The largest absolute Gasteiger partial charge is 0.497 e. The molecule has 7 heteroatoms. The Kier molecular flexibility index (Phi) is 4.73.